The van der Waals surface area contributed by atoms with Gasteiger partial charge in [-0.1, -0.05) is 6.07 Å². The number of carbonyl (C=O) groups is 1. The molecule has 1 aromatic heterocycles. The van der Waals surface area contributed by atoms with Crippen molar-refractivity contribution in [2.24, 2.45) is 17.8 Å². The molecule has 0 unspecified atom stereocenters. The molecule has 1 N–H and O–H groups in total. The van der Waals surface area contributed by atoms with E-state index in [4.69, 9.17) is 0 Å². The van der Waals surface area contributed by atoms with Gasteiger partial charge in [0, 0.05) is 16.8 Å². The quantitative estimate of drug-likeness (QED) is 0.898. The largest absolute Gasteiger partial charge is 0.351 e. The predicted octanol–water partition coefficient (Wildman–Crippen LogP) is 3.77. The molecule has 108 valence electrons. The van der Waals surface area contributed by atoms with E-state index in [1.54, 1.807) is 11.3 Å². The lowest BCUT2D eigenvalue weighted by atomic mass is 9.53. The Labute approximate surface area is 125 Å². The topological polar surface area (TPSA) is 29.1 Å². The molecule has 0 saturated heterocycles. The number of hydrogen-bond donors (Lipinski definition) is 1. The molecule has 0 radical (unpaired) electrons. The normalized spacial score (nSPS) is 38.1. The summed E-state index contributed by atoms with van der Waals surface area (Å²) >= 11 is 1.75. The number of nitrogens with one attached hydrogen (secondary N) is 1. The van der Waals surface area contributed by atoms with Crippen molar-refractivity contribution in [3.63, 3.8) is 0 Å². The van der Waals surface area contributed by atoms with Gasteiger partial charge in [-0.05, 0) is 74.1 Å². The van der Waals surface area contributed by atoms with Crippen LogP contribution in [0.3, 0.4) is 0 Å². The maximum Gasteiger partial charge on any atom is 0.220 e. The van der Waals surface area contributed by atoms with Crippen LogP contribution in [0, 0.1) is 17.8 Å². The van der Waals surface area contributed by atoms with Crippen molar-refractivity contribution in [3.8, 4) is 0 Å². The summed E-state index contributed by atoms with van der Waals surface area (Å²) in [5, 5.41) is 5.54. The first kappa shape index (κ1) is 12.9. The first-order chi connectivity index (χ1) is 9.71. The van der Waals surface area contributed by atoms with Crippen LogP contribution in [-0.2, 0) is 11.2 Å². The van der Waals surface area contributed by atoms with Gasteiger partial charge in [-0.25, -0.2) is 0 Å². The lowest BCUT2D eigenvalue weighted by Gasteiger charge is -2.56. The van der Waals surface area contributed by atoms with Gasteiger partial charge in [0.2, 0.25) is 5.91 Å². The highest BCUT2D eigenvalue weighted by Crippen LogP contribution is 2.55. The minimum absolute atomic E-state index is 0.182. The fraction of sp³-hybridized carbons (Fsp3) is 0.706. The number of amides is 1. The van der Waals surface area contributed by atoms with Crippen molar-refractivity contribution in [3.05, 3.63) is 22.4 Å². The van der Waals surface area contributed by atoms with Crippen LogP contribution in [0.1, 0.15) is 49.8 Å². The third-order valence-corrected chi connectivity index (χ3v) is 6.56. The molecule has 2 nitrogen and oxygen atoms in total. The monoisotopic (exact) mass is 289 g/mol. The van der Waals surface area contributed by atoms with Crippen LogP contribution in [0.15, 0.2) is 17.5 Å². The molecular formula is C17H23NOS. The number of carbonyl (C=O) groups excluding carboxylic acids is 1. The third-order valence-electron chi connectivity index (χ3n) is 5.62. The second kappa shape index (κ2) is 4.87. The SMILES string of the molecule is O=C(CCc1cccs1)NC12CC3CC(CC(C3)C1)C2. The van der Waals surface area contributed by atoms with Crippen molar-refractivity contribution < 1.29 is 4.79 Å². The highest BCUT2D eigenvalue weighted by Gasteiger charge is 2.51. The number of aryl methyl sites for hydroxylation is 1. The summed E-state index contributed by atoms with van der Waals surface area (Å²) in [4.78, 5) is 13.6. The molecule has 0 aromatic carbocycles. The standard InChI is InChI=1S/C17H23NOS/c19-16(4-3-15-2-1-5-20-15)18-17-9-12-6-13(10-17)8-14(7-12)11-17/h1-2,5,12-14H,3-4,6-11H2,(H,18,19). The second-order valence-corrected chi connectivity index (χ2v) is 8.36. The lowest BCUT2D eigenvalue weighted by molar-refractivity contribution is -0.126. The van der Waals surface area contributed by atoms with Gasteiger partial charge in [0.05, 0.1) is 0 Å². The maximum atomic E-state index is 12.3. The molecule has 1 heterocycles. The molecule has 0 aliphatic heterocycles. The van der Waals surface area contributed by atoms with E-state index in [-0.39, 0.29) is 11.4 Å². The maximum absolute atomic E-state index is 12.3. The zero-order chi connectivity index (χ0) is 13.6. The van der Waals surface area contributed by atoms with Crippen molar-refractivity contribution in [1.82, 2.24) is 5.32 Å². The molecular weight excluding hydrogens is 266 g/mol. The van der Waals surface area contributed by atoms with Crippen LogP contribution in [0.4, 0.5) is 0 Å². The molecule has 20 heavy (non-hydrogen) atoms. The molecule has 1 aromatic rings. The van der Waals surface area contributed by atoms with Gasteiger partial charge < -0.3 is 5.32 Å². The van der Waals surface area contributed by atoms with E-state index in [0.29, 0.717) is 6.42 Å². The van der Waals surface area contributed by atoms with Crippen molar-refractivity contribution >= 4 is 17.2 Å². The van der Waals surface area contributed by atoms with Crippen LogP contribution in [0.2, 0.25) is 0 Å². The highest BCUT2D eigenvalue weighted by atomic mass is 32.1. The second-order valence-electron chi connectivity index (χ2n) is 7.33. The molecule has 4 aliphatic carbocycles. The Hall–Kier alpha value is -0.830. The third kappa shape index (κ3) is 2.41. The summed E-state index contributed by atoms with van der Waals surface area (Å²) in [6, 6.07) is 4.19. The van der Waals surface area contributed by atoms with Crippen molar-refractivity contribution in [2.45, 2.75) is 56.9 Å². The number of thiophene rings is 1. The summed E-state index contributed by atoms with van der Waals surface area (Å²) in [7, 11) is 0. The molecule has 4 saturated carbocycles. The molecule has 0 spiro atoms. The molecule has 1 amide bonds. The fourth-order valence-corrected chi connectivity index (χ4v) is 6.02. The van der Waals surface area contributed by atoms with Crippen molar-refractivity contribution in [1.29, 1.82) is 0 Å². The zero-order valence-corrected chi connectivity index (χ0v) is 12.8. The number of rotatable bonds is 4. The van der Waals surface area contributed by atoms with Gasteiger partial charge in [-0.3, -0.25) is 4.79 Å². The van der Waals surface area contributed by atoms with E-state index in [2.05, 4.69) is 22.8 Å². The first-order valence-corrected chi connectivity index (χ1v) is 8.92. The molecule has 4 bridgehead atoms. The Balaban J connectivity index is 1.37. The van der Waals surface area contributed by atoms with Gasteiger partial charge in [0.25, 0.3) is 0 Å². The van der Waals surface area contributed by atoms with Crippen molar-refractivity contribution in [2.75, 3.05) is 0 Å². The Morgan fingerprint density at radius 3 is 2.40 bits per heavy atom. The lowest BCUT2D eigenvalue weighted by Crippen LogP contribution is -2.59. The van der Waals surface area contributed by atoms with Crippen LogP contribution in [0.25, 0.3) is 0 Å². The highest BCUT2D eigenvalue weighted by molar-refractivity contribution is 7.09. The summed E-state index contributed by atoms with van der Waals surface area (Å²) in [5.41, 5.74) is 0.182. The zero-order valence-electron chi connectivity index (χ0n) is 11.9. The minimum Gasteiger partial charge on any atom is -0.351 e. The average molecular weight is 289 g/mol. The molecule has 0 atom stereocenters. The van der Waals surface area contributed by atoms with Gasteiger partial charge in [0.15, 0.2) is 0 Å². The van der Waals surface area contributed by atoms with E-state index < -0.39 is 0 Å². The van der Waals surface area contributed by atoms with Crippen LogP contribution in [0.5, 0.6) is 0 Å². The average Bonchev–Trinajstić information content (AvgIpc) is 2.87. The van der Waals surface area contributed by atoms with Gasteiger partial charge in [-0.2, -0.15) is 0 Å². The first-order valence-electron chi connectivity index (χ1n) is 8.04. The van der Waals surface area contributed by atoms with E-state index in [9.17, 15) is 4.79 Å². The minimum atomic E-state index is 0.182. The fourth-order valence-electron chi connectivity index (χ4n) is 5.31. The Bertz CT molecular complexity index is 458. The van der Waals surface area contributed by atoms with Crippen LogP contribution >= 0.6 is 11.3 Å². The Kier molecular flexibility index (Phi) is 3.13. The Morgan fingerprint density at radius 2 is 1.85 bits per heavy atom. The van der Waals surface area contributed by atoms with Gasteiger partial charge in [0.1, 0.15) is 0 Å². The van der Waals surface area contributed by atoms with Crippen LogP contribution in [-0.4, -0.2) is 11.4 Å². The van der Waals surface area contributed by atoms with Crippen LogP contribution < -0.4 is 5.32 Å². The van der Waals surface area contributed by atoms with Gasteiger partial charge in [-0.15, -0.1) is 11.3 Å². The molecule has 4 fully saturated rings. The Morgan fingerprint density at radius 1 is 1.20 bits per heavy atom. The molecule has 3 heteroatoms. The summed E-state index contributed by atoms with van der Waals surface area (Å²) in [6.45, 7) is 0. The van der Waals surface area contributed by atoms with Gasteiger partial charge >= 0.3 is 0 Å². The summed E-state index contributed by atoms with van der Waals surface area (Å²) in [6.07, 6.45) is 9.62. The van der Waals surface area contributed by atoms with E-state index in [1.807, 2.05) is 0 Å². The smallest absolute Gasteiger partial charge is 0.220 e. The molecule has 5 rings (SSSR count). The van der Waals surface area contributed by atoms with E-state index in [0.717, 1.165) is 24.2 Å². The predicted molar refractivity (Wildman–Crippen MR) is 81.7 cm³/mol. The molecule has 4 aliphatic rings. The number of hydrogen-bond acceptors (Lipinski definition) is 2. The summed E-state index contributed by atoms with van der Waals surface area (Å²) in [5.74, 6) is 2.98. The summed E-state index contributed by atoms with van der Waals surface area (Å²) < 4.78 is 0. The van der Waals surface area contributed by atoms with E-state index in [1.165, 1.54) is 43.4 Å². The van der Waals surface area contributed by atoms with E-state index >= 15 is 0 Å².